The van der Waals surface area contributed by atoms with Gasteiger partial charge in [-0.1, -0.05) is 88.4 Å². The lowest BCUT2D eigenvalue weighted by molar-refractivity contribution is 0.670. The molecular weight excluding hydrogens is 340 g/mol. The molecular formula is C26H28N2. The standard InChI is InChI=1S/C26H28N2/c1-19(2)15-23(21-11-7-5-8-12-21)25(17-27)26(18-28)24(16-20(3)4)22-13-9-6-10-14-22/h5-14,19-20H,15-16H2,1-4H3/b25-23-,26-24-. The predicted octanol–water partition coefficient (Wildman–Crippen LogP) is 7.03. The number of benzene rings is 2. The minimum Gasteiger partial charge on any atom is -0.192 e. The highest BCUT2D eigenvalue weighted by Crippen LogP contribution is 2.35. The third-order valence-electron chi connectivity index (χ3n) is 4.55. The summed E-state index contributed by atoms with van der Waals surface area (Å²) < 4.78 is 0. The Labute approximate surface area is 169 Å². The lowest BCUT2D eigenvalue weighted by Gasteiger charge is -2.17. The number of hydrogen-bond donors (Lipinski definition) is 0. The maximum Gasteiger partial charge on any atom is 0.101 e. The van der Waals surface area contributed by atoms with E-state index in [1.807, 2.05) is 60.7 Å². The van der Waals surface area contributed by atoms with Gasteiger partial charge in [-0.15, -0.1) is 0 Å². The first-order valence-corrected chi connectivity index (χ1v) is 9.85. The maximum absolute atomic E-state index is 10.1. The van der Waals surface area contributed by atoms with Crippen LogP contribution in [0.4, 0.5) is 0 Å². The Morgan fingerprint density at radius 2 is 0.964 bits per heavy atom. The van der Waals surface area contributed by atoms with Gasteiger partial charge < -0.3 is 0 Å². The topological polar surface area (TPSA) is 47.6 Å². The summed E-state index contributed by atoms with van der Waals surface area (Å²) in [7, 11) is 0. The molecule has 0 aliphatic heterocycles. The van der Waals surface area contributed by atoms with E-state index in [4.69, 9.17) is 0 Å². The molecule has 0 fully saturated rings. The van der Waals surface area contributed by atoms with Gasteiger partial charge in [-0.05, 0) is 47.0 Å². The van der Waals surface area contributed by atoms with Crippen LogP contribution in [-0.4, -0.2) is 0 Å². The molecule has 0 bridgehead atoms. The Balaban J connectivity index is 2.82. The van der Waals surface area contributed by atoms with Gasteiger partial charge in [0.2, 0.25) is 0 Å². The highest BCUT2D eigenvalue weighted by Gasteiger charge is 2.20. The second-order valence-electron chi connectivity index (χ2n) is 7.86. The van der Waals surface area contributed by atoms with Crippen LogP contribution >= 0.6 is 0 Å². The smallest absolute Gasteiger partial charge is 0.101 e. The molecule has 0 unspecified atom stereocenters. The van der Waals surface area contributed by atoms with Crippen LogP contribution in [0.15, 0.2) is 71.8 Å². The van der Waals surface area contributed by atoms with Crippen molar-refractivity contribution >= 4 is 11.1 Å². The van der Waals surface area contributed by atoms with Crippen molar-refractivity contribution in [3.63, 3.8) is 0 Å². The lowest BCUT2D eigenvalue weighted by atomic mass is 9.84. The fourth-order valence-electron chi connectivity index (χ4n) is 3.37. The van der Waals surface area contributed by atoms with Gasteiger partial charge in [0, 0.05) is 0 Å². The van der Waals surface area contributed by atoms with Gasteiger partial charge >= 0.3 is 0 Å². The summed E-state index contributed by atoms with van der Waals surface area (Å²) in [5.41, 5.74) is 4.93. The van der Waals surface area contributed by atoms with E-state index in [-0.39, 0.29) is 0 Å². The van der Waals surface area contributed by atoms with Crippen LogP contribution in [0.3, 0.4) is 0 Å². The van der Waals surface area contributed by atoms with E-state index in [2.05, 4.69) is 39.8 Å². The SMILES string of the molecule is CC(C)C/C(=C(C#N)/C(C#N)=C(/CC(C)C)c1ccccc1)c1ccccc1. The Morgan fingerprint density at radius 1 is 0.643 bits per heavy atom. The van der Waals surface area contributed by atoms with Crippen molar-refractivity contribution in [2.45, 2.75) is 40.5 Å². The minimum absolute atomic E-state index is 0.378. The van der Waals surface area contributed by atoms with Crippen LogP contribution in [0.25, 0.3) is 11.1 Å². The molecule has 0 heterocycles. The van der Waals surface area contributed by atoms with Gasteiger partial charge in [-0.25, -0.2) is 0 Å². The van der Waals surface area contributed by atoms with Crippen LogP contribution in [0.1, 0.15) is 51.7 Å². The third kappa shape index (κ3) is 5.45. The average Bonchev–Trinajstić information content (AvgIpc) is 2.70. The molecule has 2 aromatic carbocycles. The van der Waals surface area contributed by atoms with E-state index < -0.39 is 0 Å². The summed E-state index contributed by atoms with van der Waals surface area (Å²) in [6.45, 7) is 8.56. The van der Waals surface area contributed by atoms with Crippen molar-refractivity contribution < 1.29 is 0 Å². The number of nitrogens with zero attached hydrogens (tertiary/aromatic N) is 2. The summed E-state index contributed by atoms with van der Waals surface area (Å²) in [5.74, 6) is 0.757. The quantitative estimate of drug-likeness (QED) is 0.389. The molecule has 0 aliphatic carbocycles. The average molecular weight is 369 g/mol. The number of nitriles is 2. The zero-order chi connectivity index (χ0) is 20.5. The van der Waals surface area contributed by atoms with Gasteiger partial charge in [0.25, 0.3) is 0 Å². The monoisotopic (exact) mass is 368 g/mol. The predicted molar refractivity (Wildman–Crippen MR) is 117 cm³/mol. The molecule has 28 heavy (non-hydrogen) atoms. The molecule has 0 saturated heterocycles. The molecule has 0 radical (unpaired) electrons. The van der Waals surface area contributed by atoms with E-state index in [9.17, 15) is 10.5 Å². The summed E-state index contributed by atoms with van der Waals surface area (Å²) in [5, 5.41) is 20.2. The third-order valence-corrected chi connectivity index (χ3v) is 4.55. The molecule has 0 spiro atoms. The minimum atomic E-state index is 0.378. The molecule has 0 saturated carbocycles. The molecule has 0 aliphatic rings. The second kappa shape index (κ2) is 10.3. The van der Waals surface area contributed by atoms with E-state index in [0.29, 0.717) is 23.0 Å². The maximum atomic E-state index is 10.1. The van der Waals surface area contributed by atoms with Gasteiger partial charge in [-0.2, -0.15) is 10.5 Å². The summed E-state index contributed by atoms with van der Waals surface area (Å²) in [6.07, 6.45) is 1.50. The molecule has 2 heteroatoms. The van der Waals surface area contributed by atoms with E-state index in [0.717, 1.165) is 35.1 Å². The number of allylic oxidation sites excluding steroid dienone is 4. The molecule has 0 aromatic heterocycles. The summed E-state index contributed by atoms with van der Waals surface area (Å²) in [6, 6.07) is 24.7. The van der Waals surface area contributed by atoms with Gasteiger partial charge in [0.15, 0.2) is 0 Å². The van der Waals surface area contributed by atoms with Crippen LogP contribution in [0.2, 0.25) is 0 Å². The Bertz CT molecular complexity index is 838. The Hall–Kier alpha value is -3.10. The number of rotatable bonds is 7. The largest absolute Gasteiger partial charge is 0.192 e. The van der Waals surface area contributed by atoms with Gasteiger partial charge in [0.05, 0.1) is 11.1 Å². The van der Waals surface area contributed by atoms with Crippen LogP contribution in [0, 0.1) is 34.5 Å². The van der Waals surface area contributed by atoms with Gasteiger partial charge in [0.1, 0.15) is 12.1 Å². The normalized spacial score (nSPS) is 12.9. The van der Waals surface area contributed by atoms with Crippen LogP contribution in [0.5, 0.6) is 0 Å². The van der Waals surface area contributed by atoms with E-state index >= 15 is 0 Å². The highest BCUT2D eigenvalue weighted by atomic mass is 14.3. The molecule has 2 nitrogen and oxygen atoms in total. The summed E-state index contributed by atoms with van der Waals surface area (Å²) >= 11 is 0. The first kappa shape index (κ1) is 21.2. The van der Waals surface area contributed by atoms with Crippen LogP contribution < -0.4 is 0 Å². The van der Waals surface area contributed by atoms with Crippen molar-refractivity contribution in [3.8, 4) is 12.1 Å². The van der Waals surface area contributed by atoms with Crippen molar-refractivity contribution in [1.82, 2.24) is 0 Å². The Kier molecular flexibility index (Phi) is 7.79. The molecule has 0 N–H and O–H groups in total. The van der Waals surface area contributed by atoms with Gasteiger partial charge in [-0.3, -0.25) is 0 Å². The highest BCUT2D eigenvalue weighted by molar-refractivity contribution is 5.86. The fraction of sp³-hybridized carbons (Fsp3) is 0.308. The first-order chi connectivity index (χ1) is 13.5. The first-order valence-electron chi connectivity index (χ1n) is 9.85. The second-order valence-corrected chi connectivity index (χ2v) is 7.86. The summed E-state index contributed by atoms with van der Waals surface area (Å²) in [4.78, 5) is 0. The van der Waals surface area contributed by atoms with Crippen molar-refractivity contribution in [2.24, 2.45) is 11.8 Å². The molecule has 0 amide bonds. The lowest BCUT2D eigenvalue weighted by Crippen LogP contribution is -2.02. The van der Waals surface area contributed by atoms with E-state index in [1.54, 1.807) is 0 Å². The number of hydrogen-bond acceptors (Lipinski definition) is 2. The van der Waals surface area contributed by atoms with Crippen molar-refractivity contribution in [2.75, 3.05) is 0 Å². The fourth-order valence-corrected chi connectivity index (χ4v) is 3.37. The molecule has 142 valence electrons. The zero-order valence-corrected chi connectivity index (χ0v) is 17.2. The molecule has 2 rings (SSSR count). The zero-order valence-electron chi connectivity index (χ0n) is 17.2. The molecule has 2 aromatic rings. The van der Waals surface area contributed by atoms with Crippen LogP contribution in [-0.2, 0) is 0 Å². The molecule has 0 atom stereocenters. The Morgan fingerprint density at radius 3 is 1.21 bits per heavy atom. The van der Waals surface area contributed by atoms with Crippen molar-refractivity contribution in [1.29, 1.82) is 10.5 Å². The van der Waals surface area contributed by atoms with Crippen molar-refractivity contribution in [3.05, 3.63) is 82.9 Å². The van der Waals surface area contributed by atoms with E-state index in [1.165, 1.54) is 0 Å².